The van der Waals surface area contributed by atoms with Gasteiger partial charge in [-0.2, -0.15) is 0 Å². The summed E-state index contributed by atoms with van der Waals surface area (Å²) >= 11 is 1.65. The summed E-state index contributed by atoms with van der Waals surface area (Å²) in [5.41, 5.74) is 2.91. The highest BCUT2D eigenvalue weighted by Crippen LogP contribution is 2.32. The zero-order valence-corrected chi connectivity index (χ0v) is 32.9. The van der Waals surface area contributed by atoms with Gasteiger partial charge >= 0.3 is 0 Å². The van der Waals surface area contributed by atoms with E-state index >= 15 is 0 Å². The highest BCUT2D eigenvalue weighted by molar-refractivity contribution is 7.99. The molecule has 0 spiro atoms. The highest BCUT2D eigenvalue weighted by atomic mass is 32.2. The van der Waals surface area contributed by atoms with Crippen LogP contribution in [0.25, 0.3) is 10.9 Å². The lowest BCUT2D eigenvalue weighted by molar-refractivity contribution is -0.384. The summed E-state index contributed by atoms with van der Waals surface area (Å²) in [6.07, 6.45) is 2.00. The normalized spacial score (nSPS) is 13.8. The predicted molar refractivity (Wildman–Crippen MR) is 220 cm³/mol. The number of sulfonamides is 1. The third-order valence-corrected chi connectivity index (χ3v) is 11.9. The SMILES string of the molecule is CN(C)CC[C@H](CSc1ccccc1)Nc1ccc(S(=O)(=O)Nc2ncnc3cc(N4CCN(C(=O)c5cccc(N(C)C)c5)CC4)ccc23)cc1[N+](=O)[O-]. The minimum absolute atomic E-state index is 0.00935. The Morgan fingerprint density at radius 2 is 1.69 bits per heavy atom. The summed E-state index contributed by atoms with van der Waals surface area (Å²) in [6.45, 7) is 3.07. The van der Waals surface area contributed by atoms with Crippen LogP contribution in [0.3, 0.4) is 0 Å². The zero-order chi connectivity index (χ0) is 39.1. The summed E-state index contributed by atoms with van der Waals surface area (Å²) in [5.74, 6) is 0.699. The molecule has 0 bridgehead atoms. The van der Waals surface area contributed by atoms with Crippen molar-refractivity contribution < 1.29 is 18.1 Å². The number of rotatable bonds is 15. The van der Waals surface area contributed by atoms with Crippen molar-refractivity contribution in [2.75, 3.05) is 86.5 Å². The lowest BCUT2D eigenvalue weighted by Gasteiger charge is -2.36. The maximum atomic E-state index is 13.7. The highest BCUT2D eigenvalue weighted by Gasteiger charge is 2.26. The van der Waals surface area contributed by atoms with Crippen molar-refractivity contribution in [2.24, 2.45) is 0 Å². The van der Waals surface area contributed by atoms with Gasteiger partial charge in [0.15, 0.2) is 5.82 Å². The van der Waals surface area contributed by atoms with E-state index in [-0.39, 0.29) is 34.0 Å². The number of carbonyl (C=O) groups is 1. The monoisotopic (exact) mass is 783 g/mol. The van der Waals surface area contributed by atoms with E-state index in [1.807, 2.05) is 110 Å². The fourth-order valence-corrected chi connectivity index (χ4v) is 8.32. The Kier molecular flexibility index (Phi) is 12.4. The van der Waals surface area contributed by atoms with E-state index < -0.39 is 14.9 Å². The summed E-state index contributed by atoms with van der Waals surface area (Å²) in [4.78, 5) is 42.4. The van der Waals surface area contributed by atoms with Crippen molar-refractivity contribution in [3.63, 3.8) is 0 Å². The molecule has 288 valence electrons. The average Bonchev–Trinajstić information content (AvgIpc) is 3.18. The Morgan fingerprint density at radius 1 is 0.927 bits per heavy atom. The largest absolute Gasteiger partial charge is 0.378 e. The minimum Gasteiger partial charge on any atom is -0.378 e. The van der Waals surface area contributed by atoms with E-state index in [0.717, 1.165) is 35.3 Å². The van der Waals surface area contributed by atoms with Crippen molar-refractivity contribution in [3.8, 4) is 0 Å². The molecule has 16 heteroatoms. The molecule has 5 aromatic rings. The topological polar surface area (TPSA) is 157 Å². The molecule has 0 unspecified atom stereocenters. The van der Waals surface area contributed by atoms with Gasteiger partial charge in [0.05, 0.1) is 15.3 Å². The van der Waals surface area contributed by atoms with Crippen LogP contribution in [-0.2, 0) is 10.0 Å². The van der Waals surface area contributed by atoms with E-state index in [1.54, 1.807) is 17.8 Å². The van der Waals surface area contributed by atoms with Gasteiger partial charge in [0.1, 0.15) is 12.0 Å². The van der Waals surface area contributed by atoms with Crippen LogP contribution in [0, 0.1) is 10.1 Å². The number of benzene rings is 4. The lowest BCUT2D eigenvalue weighted by atomic mass is 10.1. The number of anilines is 4. The Morgan fingerprint density at radius 3 is 2.40 bits per heavy atom. The first-order valence-electron chi connectivity index (χ1n) is 17.8. The van der Waals surface area contributed by atoms with Gasteiger partial charge in [-0.1, -0.05) is 24.3 Å². The molecule has 1 saturated heterocycles. The van der Waals surface area contributed by atoms with Gasteiger partial charge in [-0.3, -0.25) is 19.6 Å². The van der Waals surface area contributed by atoms with Crippen LogP contribution < -0.4 is 19.8 Å². The number of hydrogen-bond acceptors (Lipinski definition) is 12. The molecular formula is C39H45N9O5S2. The molecule has 1 aliphatic heterocycles. The van der Waals surface area contributed by atoms with Crippen molar-refractivity contribution in [1.29, 1.82) is 0 Å². The van der Waals surface area contributed by atoms with Gasteiger partial charge in [0.25, 0.3) is 21.6 Å². The molecular weight excluding hydrogens is 739 g/mol. The van der Waals surface area contributed by atoms with Crippen LogP contribution in [0.15, 0.2) is 107 Å². The number of nitrogens with one attached hydrogen (secondary N) is 2. The molecule has 1 amide bonds. The first-order valence-corrected chi connectivity index (χ1v) is 20.3. The van der Waals surface area contributed by atoms with Gasteiger partial charge in [-0.15, -0.1) is 11.8 Å². The molecule has 1 aliphatic rings. The second-order valence-corrected chi connectivity index (χ2v) is 16.5. The van der Waals surface area contributed by atoms with E-state index in [2.05, 4.69) is 24.9 Å². The summed E-state index contributed by atoms with van der Waals surface area (Å²) in [5, 5.41) is 16.0. The number of amides is 1. The van der Waals surface area contributed by atoms with E-state index in [1.165, 1.54) is 18.5 Å². The van der Waals surface area contributed by atoms with Crippen LogP contribution in [-0.4, -0.2) is 112 Å². The van der Waals surface area contributed by atoms with E-state index in [0.29, 0.717) is 48.4 Å². The average molecular weight is 784 g/mol. The van der Waals surface area contributed by atoms with Crippen LogP contribution in [0.1, 0.15) is 16.8 Å². The number of fused-ring (bicyclic) bond motifs is 1. The number of thioether (sulfide) groups is 1. The van der Waals surface area contributed by atoms with Gasteiger partial charge in [-0.25, -0.2) is 18.4 Å². The maximum Gasteiger partial charge on any atom is 0.293 e. The van der Waals surface area contributed by atoms with Crippen molar-refractivity contribution in [2.45, 2.75) is 22.3 Å². The standard InChI is InChI=1S/C39H45N9O5S2/c1-44(2)18-17-29(26-54-32-11-6-5-7-12-32)42-35-16-14-33(25-37(35)48(50)51)55(52,53)43-38-34-15-13-31(24-36(34)40-27-41-38)46-19-21-47(22-20-46)39(49)28-9-8-10-30(23-28)45(3)4/h5-16,23-25,27,29,42H,17-22,26H2,1-4H3,(H,40,41,43)/t29-/m1/s1. The Balaban J connectivity index is 1.15. The molecule has 1 fully saturated rings. The molecule has 1 atom stereocenters. The molecule has 0 aliphatic carbocycles. The fourth-order valence-electron chi connectivity index (χ4n) is 6.27. The first-order chi connectivity index (χ1) is 26.4. The van der Waals surface area contributed by atoms with Gasteiger partial charge in [0, 0.05) is 85.4 Å². The Hall–Kier alpha value is -5.45. The van der Waals surface area contributed by atoms with Crippen molar-refractivity contribution >= 4 is 67.2 Å². The Labute approximate surface area is 325 Å². The molecule has 2 N–H and O–H groups in total. The predicted octanol–water partition coefficient (Wildman–Crippen LogP) is 5.89. The third-order valence-electron chi connectivity index (χ3n) is 9.35. The molecule has 1 aromatic heterocycles. The molecule has 0 radical (unpaired) electrons. The number of nitro groups is 1. The van der Waals surface area contributed by atoms with Gasteiger partial charge in [-0.05, 0) is 87.7 Å². The minimum atomic E-state index is -4.28. The Bertz CT molecular complexity index is 2250. The molecule has 4 aromatic carbocycles. The van der Waals surface area contributed by atoms with Gasteiger partial charge in [0.2, 0.25) is 0 Å². The van der Waals surface area contributed by atoms with E-state index in [4.69, 9.17) is 0 Å². The number of carbonyl (C=O) groups excluding carboxylic acids is 1. The molecule has 2 heterocycles. The number of piperazine rings is 1. The third kappa shape index (κ3) is 9.81. The second-order valence-electron chi connectivity index (χ2n) is 13.7. The van der Waals surface area contributed by atoms with Crippen LogP contribution in [0.4, 0.5) is 28.6 Å². The maximum absolute atomic E-state index is 13.7. The van der Waals surface area contributed by atoms with Gasteiger partial charge < -0.3 is 24.9 Å². The van der Waals surface area contributed by atoms with Crippen LogP contribution in [0.2, 0.25) is 0 Å². The molecule has 0 saturated carbocycles. The number of aromatic nitrogens is 2. The van der Waals surface area contributed by atoms with E-state index in [9.17, 15) is 23.3 Å². The summed E-state index contributed by atoms with van der Waals surface area (Å²) < 4.78 is 29.9. The lowest BCUT2D eigenvalue weighted by Crippen LogP contribution is -2.48. The summed E-state index contributed by atoms with van der Waals surface area (Å²) in [7, 11) is 3.54. The van der Waals surface area contributed by atoms with Crippen molar-refractivity contribution in [1.82, 2.24) is 19.8 Å². The van der Waals surface area contributed by atoms with Crippen molar-refractivity contribution in [3.05, 3.63) is 113 Å². The second kappa shape index (κ2) is 17.3. The quantitative estimate of drug-likeness (QED) is 0.0739. The molecule has 55 heavy (non-hydrogen) atoms. The smallest absolute Gasteiger partial charge is 0.293 e. The molecule has 14 nitrogen and oxygen atoms in total. The van der Waals surface area contributed by atoms with Crippen LogP contribution >= 0.6 is 11.8 Å². The number of hydrogen-bond donors (Lipinski definition) is 2. The number of nitrogens with zero attached hydrogens (tertiary/aromatic N) is 7. The first kappa shape index (κ1) is 39.2. The summed E-state index contributed by atoms with van der Waals surface area (Å²) in [6, 6.07) is 26.7. The zero-order valence-electron chi connectivity index (χ0n) is 31.3. The van der Waals surface area contributed by atoms with Crippen LogP contribution in [0.5, 0.6) is 0 Å². The molecule has 6 rings (SSSR count). The number of nitro benzene ring substituents is 1. The fraction of sp³-hybridized carbons (Fsp3) is 0.308.